The maximum Gasteiger partial charge on any atom is 0.321 e. The molecule has 2 aromatic carbocycles. The quantitative estimate of drug-likeness (QED) is 0.595. The molecule has 2 aromatic rings. The lowest BCUT2D eigenvalue weighted by molar-refractivity contribution is 0.180. The Labute approximate surface area is 183 Å². The summed E-state index contributed by atoms with van der Waals surface area (Å²) in [6.45, 7) is 6.07. The van der Waals surface area contributed by atoms with E-state index in [2.05, 4.69) is 16.0 Å². The topological polar surface area (TPSA) is 73.5 Å². The Bertz CT molecular complexity index is 895. The summed E-state index contributed by atoms with van der Waals surface area (Å²) in [6.07, 6.45) is 2.77. The lowest BCUT2D eigenvalue weighted by Gasteiger charge is -2.32. The lowest BCUT2D eigenvalue weighted by atomic mass is 9.94. The summed E-state index contributed by atoms with van der Waals surface area (Å²) in [6, 6.07) is 12.8. The van der Waals surface area contributed by atoms with Crippen molar-refractivity contribution in [1.29, 1.82) is 0 Å². The molecule has 0 saturated carbocycles. The van der Waals surface area contributed by atoms with Gasteiger partial charge in [-0.25, -0.2) is 9.59 Å². The molecule has 0 spiro atoms. The monoisotopic (exact) mass is 428 g/mol. The van der Waals surface area contributed by atoms with Crippen LogP contribution in [-0.2, 0) is 0 Å². The first kappa shape index (κ1) is 22.0. The molecule has 0 unspecified atom stereocenters. The highest BCUT2D eigenvalue weighted by molar-refractivity contribution is 6.30. The third-order valence-electron chi connectivity index (χ3n) is 5.45. The number of halogens is 1. The number of rotatable bonds is 5. The molecule has 30 heavy (non-hydrogen) atoms. The van der Waals surface area contributed by atoms with Crippen LogP contribution in [0.1, 0.15) is 30.4 Å². The van der Waals surface area contributed by atoms with Gasteiger partial charge in [0.2, 0.25) is 0 Å². The molecule has 1 aliphatic heterocycles. The zero-order chi connectivity index (χ0) is 21.5. The first-order chi connectivity index (χ1) is 14.4. The van der Waals surface area contributed by atoms with E-state index in [1.165, 1.54) is 5.56 Å². The Morgan fingerprint density at radius 2 is 1.83 bits per heavy atom. The number of likely N-dealkylation sites (tertiary alicyclic amines) is 1. The fourth-order valence-electron chi connectivity index (χ4n) is 3.70. The zero-order valence-corrected chi connectivity index (χ0v) is 18.3. The molecule has 0 aliphatic carbocycles. The van der Waals surface area contributed by atoms with Crippen molar-refractivity contribution in [3.63, 3.8) is 0 Å². The van der Waals surface area contributed by atoms with Crippen molar-refractivity contribution in [3.05, 3.63) is 58.6 Å². The molecule has 1 fully saturated rings. The van der Waals surface area contributed by atoms with E-state index < -0.39 is 0 Å². The Hall–Kier alpha value is -2.73. The van der Waals surface area contributed by atoms with Crippen LogP contribution in [0.15, 0.2) is 42.5 Å². The number of hydrogen-bond acceptors (Lipinski definition) is 2. The number of urea groups is 2. The van der Waals surface area contributed by atoms with E-state index >= 15 is 0 Å². The Morgan fingerprint density at radius 1 is 1.07 bits per heavy atom. The minimum atomic E-state index is -0.180. The van der Waals surface area contributed by atoms with Gasteiger partial charge in [-0.3, -0.25) is 0 Å². The largest absolute Gasteiger partial charge is 0.338 e. The van der Waals surface area contributed by atoms with Crippen LogP contribution in [0.5, 0.6) is 0 Å². The summed E-state index contributed by atoms with van der Waals surface area (Å²) in [5, 5.41) is 9.33. The molecular formula is C23H29ClN4O2. The highest BCUT2D eigenvalue weighted by Gasteiger charge is 2.22. The number of nitrogens with one attached hydrogen (secondary N) is 3. The van der Waals surface area contributed by atoms with Crippen LogP contribution in [0.4, 0.5) is 21.0 Å². The SMILES string of the molecule is Cc1ccc(NC(=O)NCCC2CCN(C(=O)Nc3cccc(Cl)c3)CC2)c(C)c1. The first-order valence-corrected chi connectivity index (χ1v) is 10.7. The molecule has 1 heterocycles. The van der Waals surface area contributed by atoms with Crippen LogP contribution in [0, 0.1) is 19.8 Å². The second-order valence-corrected chi connectivity index (χ2v) is 8.30. The van der Waals surface area contributed by atoms with E-state index in [0.29, 0.717) is 36.3 Å². The third kappa shape index (κ3) is 6.39. The molecule has 0 radical (unpaired) electrons. The number of hydrogen-bond donors (Lipinski definition) is 3. The van der Waals surface area contributed by atoms with Crippen LogP contribution < -0.4 is 16.0 Å². The fraction of sp³-hybridized carbons (Fsp3) is 0.391. The third-order valence-corrected chi connectivity index (χ3v) is 5.68. The zero-order valence-electron chi connectivity index (χ0n) is 17.5. The van der Waals surface area contributed by atoms with Crippen molar-refractivity contribution >= 4 is 35.0 Å². The maximum atomic E-state index is 12.4. The lowest BCUT2D eigenvalue weighted by Crippen LogP contribution is -2.41. The van der Waals surface area contributed by atoms with Gasteiger partial charge in [-0.2, -0.15) is 0 Å². The highest BCUT2D eigenvalue weighted by atomic mass is 35.5. The number of amides is 4. The predicted molar refractivity (Wildman–Crippen MR) is 122 cm³/mol. The van der Waals surface area contributed by atoms with Gasteiger partial charge in [0.25, 0.3) is 0 Å². The van der Waals surface area contributed by atoms with Gasteiger partial charge in [0.15, 0.2) is 0 Å². The Kier molecular flexibility index (Phi) is 7.57. The molecule has 3 N–H and O–H groups in total. The van der Waals surface area contributed by atoms with Gasteiger partial charge in [-0.1, -0.05) is 35.4 Å². The van der Waals surface area contributed by atoms with Gasteiger partial charge in [0, 0.05) is 36.0 Å². The number of nitrogens with zero attached hydrogens (tertiary/aromatic N) is 1. The second kappa shape index (κ2) is 10.3. The fourth-order valence-corrected chi connectivity index (χ4v) is 3.89. The van der Waals surface area contributed by atoms with E-state index in [0.717, 1.165) is 30.5 Å². The second-order valence-electron chi connectivity index (χ2n) is 7.86. The maximum absolute atomic E-state index is 12.4. The van der Waals surface area contributed by atoms with Crippen molar-refractivity contribution in [2.75, 3.05) is 30.3 Å². The molecule has 1 saturated heterocycles. The summed E-state index contributed by atoms with van der Waals surface area (Å²) >= 11 is 5.96. The van der Waals surface area contributed by atoms with Gasteiger partial charge < -0.3 is 20.9 Å². The van der Waals surface area contributed by atoms with Crippen molar-refractivity contribution in [3.8, 4) is 0 Å². The van der Waals surface area contributed by atoms with Gasteiger partial charge in [-0.05, 0) is 68.9 Å². The highest BCUT2D eigenvalue weighted by Crippen LogP contribution is 2.22. The van der Waals surface area contributed by atoms with Gasteiger partial charge in [-0.15, -0.1) is 0 Å². The van der Waals surface area contributed by atoms with Gasteiger partial charge in [0.1, 0.15) is 0 Å². The smallest absolute Gasteiger partial charge is 0.321 e. The van der Waals surface area contributed by atoms with E-state index in [9.17, 15) is 9.59 Å². The van der Waals surface area contributed by atoms with Gasteiger partial charge in [0.05, 0.1) is 0 Å². The minimum absolute atomic E-state index is 0.0957. The number of carbonyl (C=O) groups is 2. The van der Waals surface area contributed by atoms with Crippen molar-refractivity contribution in [2.24, 2.45) is 5.92 Å². The van der Waals surface area contributed by atoms with Crippen LogP contribution in [0.25, 0.3) is 0 Å². The standard InChI is InChI=1S/C23H29ClN4O2/c1-16-6-7-21(17(2)14-16)27-22(29)25-11-8-18-9-12-28(13-10-18)23(30)26-20-5-3-4-19(24)15-20/h3-7,14-15,18H,8-13H2,1-2H3,(H,26,30)(H2,25,27,29). The molecule has 6 nitrogen and oxygen atoms in total. The molecular weight excluding hydrogens is 400 g/mol. The van der Waals surface area contributed by atoms with E-state index in [1.54, 1.807) is 12.1 Å². The van der Waals surface area contributed by atoms with Crippen LogP contribution in [0.2, 0.25) is 5.02 Å². The van der Waals surface area contributed by atoms with E-state index in [4.69, 9.17) is 11.6 Å². The van der Waals surface area contributed by atoms with Gasteiger partial charge >= 0.3 is 12.1 Å². The molecule has 0 aromatic heterocycles. The molecule has 4 amide bonds. The Morgan fingerprint density at radius 3 is 2.53 bits per heavy atom. The molecule has 0 bridgehead atoms. The minimum Gasteiger partial charge on any atom is -0.338 e. The molecule has 3 rings (SSSR count). The van der Waals surface area contributed by atoms with Crippen molar-refractivity contribution in [1.82, 2.24) is 10.2 Å². The summed E-state index contributed by atoms with van der Waals surface area (Å²) in [5.74, 6) is 0.502. The number of anilines is 2. The number of carbonyl (C=O) groups excluding carboxylic acids is 2. The Balaban J connectivity index is 1.35. The van der Waals surface area contributed by atoms with Crippen LogP contribution in [0.3, 0.4) is 0 Å². The molecule has 7 heteroatoms. The van der Waals surface area contributed by atoms with Crippen molar-refractivity contribution < 1.29 is 9.59 Å². The van der Waals surface area contributed by atoms with Crippen LogP contribution >= 0.6 is 11.6 Å². The summed E-state index contributed by atoms with van der Waals surface area (Å²) in [7, 11) is 0. The van der Waals surface area contributed by atoms with E-state index in [-0.39, 0.29) is 12.1 Å². The molecule has 0 atom stereocenters. The summed E-state index contributed by atoms with van der Waals surface area (Å²) in [4.78, 5) is 26.4. The van der Waals surface area contributed by atoms with Crippen LogP contribution in [-0.4, -0.2) is 36.6 Å². The average molecular weight is 429 g/mol. The predicted octanol–water partition coefficient (Wildman–Crippen LogP) is 5.41. The van der Waals surface area contributed by atoms with E-state index in [1.807, 2.05) is 49.1 Å². The van der Waals surface area contributed by atoms with Crippen molar-refractivity contribution in [2.45, 2.75) is 33.1 Å². The molecule has 160 valence electrons. The molecule has 1 aliphatic rings. The average Bonchev–Trinajstić information content (AvgIpc) is 2.70. The summed E-state index contributed by atoms with van der Waals surface area (Å²) in [5.41, 5.74) is 3.75. The number of aryl methyl sites for hydroxylation is 2. The first-order valence-electron chi connectivity index (χ1n) is 10.3. The summed E-state index contributed by atoms with van der Waals surface area (Å²) < 4.78 is 0. The number of piperidine rings is 1. The normalized spacial score (nSPS) is 14.3. The number of benzene rings is 2.